The van der Waals surface area contributed by atoms with Crippen LogP contribution < -0.4 is 0 Å². The monoisotopic (exact) mass is 159 g/mol. The zero-order valence-corrected chi connectivity index (χ0v) is 7.08. The molecule has 0 aromatic rings. The molecule has 1 radical (unpaired) electrons. The van der Waals surface area contributed by atoms with Crippen LogP contribution in [0.3, 0.4) is 0 Å². The van der Waals surface area contributed by atoms with Gasteiger partial charge < -0.3 is 4.42 Å². The Kier molecular flexibility index (Phi) is 1.65. The summed E-state index contributed by atoms with van der Waals surface area (Å²) in [7, 11) is 0. The Hall–Kier alpha value is -1.24. The second kappa shape index (κ2) is 2.67. The molecule has 0 aromatic carbocycles. The third kappa shape index (κ3) is 1.02. The molecule has 1 aliphatic carbocycles. The quantitative estimate of drug-likeness (QED) is 0.622. The van der Waals surface area contributed by atoms with Gasteiger partial charge in [0, 0.05) is 5.56 Å². The van der Waals surface area contributed by atoms with Gasteiger partial charge in [-0.05, 0) is 30.0 Å². The Bertz CT molecular complexity index is 346. The van der Waals surface area contributed by atoms with Gasteiger partial charge in [-0.1, -0.05) is 19.1 Å². The molecule has 0 bridgehead atoms. The van der Waals surface area contributed by atoms with E-state index in [9.17, 15) is 0 Å². The molecule has 0 N–H and O–H groups in total. The Labute approximate surface area is 72.4 Å². The van der Waals surface area contributed by atoms with E-state index in [4.69, 9.17) is 4.42 Å². The molecule has 0 fully saturated rings. The van der Waals surface area contributed by atoms with Crippen molar-refractivity contribution in [1.82, 2.24) is 0 Å². The highest BCUT2D eigenvalue weighted by Gasteiger charge is 2.11. The molecule has 1 aliphatic heterocycles. The topological polar surface area (TPSA) is 13.1 Å². The fourth-order valence-corrected chi connectivity index (χ4v) is 1.47. The minimum absolute atomic E-state index is 0.338. The van der Waals surface area contributed by atoms with E-state index in [0.717, 1.165) is 5.56 Å². The SMILES string of the molecule is [CH2]C(C)c1ccc2coccc1-2. The number of hydrogen-bond donors (Lipinski definition) is 0. The maximum Gasteiger partial charge on any atom is 0.0979 e. The van der Waals surface area contributed by atoms with Crippen molar-refractivity contribution in [2.75, 3.05) is 0 Å². The van der Waals surface area contributed by atoms with Gasteiger partial charge in [-0.2, -0.15) is 0 Å². The molecule has 61 valence electrons. The highest BCUT2D eigenvalue weighted by Crippen LogP contribution is 2.31. The summed E-state index contributed by atoms with van der Waals surface area (Å²) in [6.45, 7) is 6.10. The van der Waals surface area contributed by atoms with Crippen molar-refractivity contribution in [2.45, 2.75) is 12.8 Å². The molecule has 0 saturated heterocycles. The van der Waals surface area contributed by atoms with E-state index in [0.29, 0.717) is 5.92 Å². The summed E-state index contributed by atoms with van der Waals surface area (Å²) < 4.78 is 5.06. The zero-order valence-electron chi connectivity index (χ0n) is 7.08. The summed E-state index contributed by atoms with van der Waals surface area (Å²) in [4.78, 5) is 0. The minimum Gasteiger partial charge on any atom is -0.472 e. The standard InChI is InChI=1S/C11H11O/c1-8(2)10-4-3-9-7-12-6-5-11(9)10/h3-8H,1H2,2H3. The van der Waals surface area contributed by atoms with Gasteiger partial charge in [-0.3, -0.25) is 0 Å². The van der Waals surface area contributed by atoms with Gasteiger partial charge in [0.15, 0.2) is 0 Å². The summed E-state index contributed by atoms with van der Waals surface area (Å²) in [5.74, 6) is 0.338. The predicted octanol–water partition coefficient (Wildman–Crippen LogP) is 3.32. The van der Waals surface area contributed by atoms with Crippen molar-refractivity contribution in [3.05, 3.63) is 43.2 Å². The molecule has 0 amide bonds. The van der Waals surface area contributed by atoms with Crippen LogP contribution in [0.1, 0.15) is 18.4 Å². The molecular weight excluding hydrogens is 148 g/mol. The highest BCUT2D eigenvalue weighted by molar-refractivity contribution is 5.70. The van der Waals surface area contributed by atoms with Crippen molar-refractivity contribution < 1.29 is 4.42 Å². The van der Waals surface area contributed by atoms with Gasteiger partial charge in [0.25, 0.3) is 0 Å². The fraction of sp³-hybridized carbons (Fsp3) is 0.182. The van der Waals surface area contributed by atoms with Crippen molar-refractivity contribution in [3.8, 4) is 11.1 Å². The molecule has 0 aromatic heterocycles. The molecule has 0 spiro atoms. The molecule has 1 unspecified atom stereocenters. The first-order valence-corrected chi connectivity index (χ1v) is 4.07. The van der Waals surface area contributed by atoms with Gasteiger partial charge in [-0.15, -0.1) is 0 Å². The molecule has 1 atom stereocenters. The number of fused-ring (bicyclic) bond motifs is 1. The second-order valence-corrected chi connectivity index (χ2v) is 3.12. The summed E-state index contributed by atoms with van der Waals surface area (Å²) in [6, 6.07) is 6.17. The smallest absolute Gasteiger partial charge is 0.0979 e. The van der Waals surface area contributed by atoms with Crippen LogP contribution in [0.15, 0.2) is 35.1 Å². The van der Waals surface area contributed by atoms with E-state index in [1.165, 1.54) is 11.1 Å². The minimum atomic E-state index is 0.338. The number of rotatable bonds is 1. The summed E-state index contributed by atoms with van der Waals surface area (Å²) in [5.41, 5.74) is 3.70. The fourth-order valence-electron chi connectivity index (χ4n) is 1.47. The van der Waals surface area contributed by atoms with Crippen LogP contribution >= 0.6 is 0 Å². The Morgan fingerprint density at radius 1 is 1.33 bits per heavy atom. The van der Waals surface area contributed by atoms with Crippen LogP contribution in [-0.4, -0.2) is 0 Å². The summed E-state index contributed by atoms with van der Waals surface area (Å²) in [5, 5.41) is 0. The third-order valence-electron chi connectivity index (χ3n) is 2.10. The zero-order chi connectivity index (χ0) is 8.55. The van der Waals surface area contributed by atoms with E-state index in [1.54, 1.807) is 12.5 Å². The van der Waals surface area contributed by atoms with E-state index in [2.05, 4.69) is 26.0 Å². The largest absolute Gasteiger partial charge is 0.472 e. The van der Waals surface area contributed by atoms with Crippen molar-refractivity contribution in [2.24, 2.45) is 0 Å². The average molecular weight is 159 g/mol. The van der Waals surface area contributed by atoms with Crippen LogP contribution in [0.4, 0.5) is 0 Å². The van der Waals surface area contributed by atoms with Gasteiger partial charge in [-0.25, -0.2) is 0 Å². The Balaban J connectivity index is 2.60. The molecule has 1 heteroatoms. The van der Waals surface area contributed by atoms with Gasteiger partial charge >= 0.3 is 0 Å². The highest BCUT2D eigenvalue weighted by atomic mass is 16.3. The van der Waals surface area contributed by atoms with E-state index in [-0.39, 0.29) is 0 Å². The third-order valence-corrected chi connectivity index (χ3v) is 2.10. The molecule has 1 nitrogen and oxygen atoms in total. The second-order valence-electron chi connectivity index (χ2n) is 3.12. The molecule has 2 aliphatic rings. The van der Waals surface area contributed by atoms with Gasteiger partial charge in [0.05, 0.1) is 12.5 Å². The maximum absolute atomic E-state index is 5.06. The van der Waals surface area contributed by atoms with Crippen LogP contribution in [0, 0.1) is 6.92 Å². The van der Waals surface area contributed by atoms with Gasteiger partial charge in [0.1, 0.15) is 0 Å². The van der Waals surface area contributed by atoms with Crippen molar-refractivity contribution in [1.29, 1.82) is 0 Å². The number of hydrogen-bond acceptors (Lipinski definition) is 1. The van der Waals surface area contributed by atoms with Crippen LogP contribution in [0.5, 0.6) is 0 Å². The van der Waals surface area contributed by atoms with Crippen LogP contribution in [0.2, 0.25) is 0 Å². The first-order chi connectivity index (χ1) is 5.79. The molecular formula is C11H11O. The van der Waals surface area contributed by atoms with Crippen molar-refractivity contribution >= 4 is 0 Å². The Morgan fingerprint density at radius 2 is 2.17 bits per heavy atom. The van der Waals surface area contributed by atoms with E-state index < -0.39 is 0 Å². The van der Waals surface area contributed by atoms with Crippen molar-refractivity contribution in [3.63, 3.8) is 0 Å². The summed E-state index contributed by atoms with van der Waals surface area (Å²) >= 11 is 0. The first-order valence-electron chi connectivity index (χ1n) is 4.07. The van der Waals surface area contributed by atoms with Crippen LogP contribution in [-0.2, 0) is 0 Å². The molecule has 0 saturated carbocycles. The first kappa shape index (κ1) is 7.41. The predicted molar refractivity (Wildman–Crippen MR) is 49.1 cm³/mol. The normalized spacial score (nSPS) is 11.2. The van der Waals surface area contributed by atoms with Crippen LogP contribution in [0.25, 0.3) is 11.1 Å². The molecule has 1 heterocycles. The van der Waals surface area contributed by atoms with E-state index >= 15 is 0 Å². The maximum atomic E-state index is 5.06. The lowest BCUT2D eigenvalue weighted by Gasteiger charge is -2.05. The molecule has 12 heavy (non-hydrogen) atoms. The van der Waals surface area contributed by atoms with Gasteiger partial charge in [0.2, 0.25) is 0 Å². The average Bonchev–Trinajstić information content (AvgIpc) is 2.47. The lowest BCUT2D eigenvalue weighted by atomic mass is 10.0. The molecule has 2 rings (SSSR count). The van der Waals surface area contributed by atoms with E-state index in [1.807, 2.05) is 6.07 Å². The lowest BCUT2D eigenvalue weighted by Crippen LogP contribution is -1.86. The Morgan fingerprint density at radius 3 is 2.92 bits per heavy atom. The lowest BCUT2D eigenvalue weighted by molar-refractivity contribution is 0.552. The summed E-state index contributed by atoms with van der Waals surface area (Å²) in [6.07, 6.45) is 3.47.